The van der Waals surface area contributed by atoms with Crippen LogP contribution in [0.25, 0.3) is 0 Å². The van der Waals surface area contributed by atoms with Gasteiger partial charge in [-0.15, -0.1) is 0 Å². The molecule has 1 N–H and O–H groups in total. The van der Waals surface area contributed by atoms with Gasteiger partial charge >= 0.3 is 0 Å². The van der Waals surface area contributed by atoms with Gasteiger partial charge in [-0.25, -0.2) is 12.8 Å². The van der Waals surface area contributed by atoms with Crippen LogP contribution >= 0.6 is 0 Å². The summed E-state index contributed by atoms with van der Waals surface area (Å²) in [5, 5.41) is 9.55. The lowest BCUT2D eigenvalue weighted by Crippen LogP contribution is -2.40. The van der Waals surface area contributed by atoms with Gasteiger partial charge in [0.1, 0.15) is 5.82 Å². The number of aryl methyl sites for hydroxylation is 1. The Balaban J connectivity index is 2.20. The summed E-state index contributed by atoms with van der Waals surface area (Å²) in [5.41, 5.74) is 0.419. The normalized spacial score (nSPS) is 20.0. The zero-order valence-corrected chi connectivity index (χ0v) is 12.5. The molecule has 0 saturated carbocycles. The summed E-state index contributed by atoms with van der Waals surface area (Å²) >= 11 is 0. The van der Waals surface area contributed by atoms with E-state index >= 15 is 0 Å². The first-order valence-electron chi connectivity index (χ1n) is 6.76. The van der Waals surface area contributed by atoms with Crippen LogP contribution in [0.15, 0.2) is 23.1 Å². The molecule has 0 spiro atoms. The smallest absolute Gasteiger partial charge is 0.243 e. The molecule has 1 aliphatic rings. The minimum absolute atomic E-state index is 0.149. The molecule has 4 nitrogen and oxygen atoms in total. The Morgan fingerprint density at radius 3 is 2.45 bits per heavy atom. The van der Waals surface area contributed by atoms with Crippen molar-refractivity contribution in [2.24, 2.45) is 5.92 Å². The van der Waals surface area contributed by atoms with E-state index in [0.717, 1.165) is 0 Å². The molecule has 1 aromatic rings. The zero-order valence-electron chi connectivity index (χ0n) is 11.7. The van der Waals surface area contributed by atoms with Crippen molar-refractivity contribution in [3.8, 4) is 0 Å². The number of sulfonamides is 1. The third kappa shape index (κ3) is 3.02. The predicted molar refractivity (Wildman–Crippen MR) is 74.3 cm³/mol. The molecule has 0 bridgehead atoms. The maximum absolute atomic E-state index is 13.1. The highest BCUT2D eigenvalue weighted by Crippen LogP contribution is 2.27. The third-order valence-electron chi connectivity index (χ3n) is 3.94. The quantitative estimate of drug-likeness (QED) is 0.928. The number of aliphatic hydroxyl groups excluding tert-OH is 1. The Bertz CT molecular complexity index is 578. The maximum atomic E-state index is 13.1. The van der Waals surface area contributed by atoms with Gasteiger partial charge in [-0.3, -0.25) is 0 Å². The lowest BCUT2D eigenvalue weighted by Gasteiger charge is -2.32. The molecule has 6 heteroatoms. The van der Waals surface area contributed by atoms with E-state index in [4.69, 9.17) is 0 Å². The number of hydrogen-bond donors (Lipinski definition) is 1. The molecule has 1 aromatic carbocycles. The largest absolute Gasteiger partial charge is 0.393 e. The second kappa shape index (κ2) is 5.79. The zero-order chi connectivity index (χ0) is 14.9. The van der Waals surface area contributed by atoms with Gasteiger partial charge in [0.05, 0.1) is 11.0 Å². The van der Waals surface area contributed by atoms with Gasteiger partial charge < -0.3 is 5.11 Å². The van der Waals surface area contributed by atoms with Crippen molar-refractivity contribution >= 4 is 10.0 Å². The average molecular weight is 301 g/mol. The third-order valence-corrected chi connectivity index (χ3v) is 5.99. The summed E-state index contributed by atoms with van der Waals surface area (Å²) in [6, 6.07) is 3.72. The van der Waals surface area contributed by atoms with Gasteiger partial charge in [-0.2, -0.15) is 4.31 Å². The van der Waals surface area contributed by atoms with E-state index in [1.807, 2.05) is 0 Å². The second-order valence-corrected chi connectivity index (χ2v) is 7.30. The molecule has 0 radical (unpaired) electrons. The van der Waals surface area contributed by atoms with Gasteiger partial charge in [-0.05, 0) is 56.4 Å². The highest BCUT2D eigenvalue weighted by Gasteiger charge is 2.31. The minimum atomic E-state index is -3.57. The van der Waals surface area contributed by atoms with Crippen LogP contribution in [-0.2, 0) is 10.0 Å². The van der Waals surface area contributed by atoms with Gasteiger partial charge in [0.15, 0.2) is 0 Å². The van der Waals surface area contributed by atoms with E-state index in [1.165, 1.54) is 22.5 Å². The van der Waals surface area contributed by atoms with Crippen molar-refractivity contribution in [2.75, 3.05) is 13.1 Å². The van der Waals surface area contributed by atoms with E-state index in [0.29, 0.717) is 31.5 Å². The number of piperidine rings is 1. The fourth-order valence-electron chi connectivity index (χ4n) is 2.64. The lowest BCUT2D eigenvalue weighted by molar-refractivity contribution is 0.0912. The monoisotopic (exact) mass is 301 g/mol. The van der Waals surface area contributed by atoms with Crippen molar-refractivity contribution in [1.29, 1.82) is 0 Å². The number of rotatable bonds is 3. The molecule has 0 amide bonds. The standard InChI is InChI=1S/C14H20FNO3S/c1-10-9-13(15)3-4-14(10)20(18,19)16-7-5-12(6-8-16)11(2)17/h3-4,9,11-12,17H,5-8H2,1-2H3. The molecule has 1 aliphatic heterocycles. The first-order valence-corrected chi connectivity index (χ1v) is 8.20. The Kier molecular flexibility index (Phi) is 4.46. The topological polar surface area (TPSA) is 57.6 Å². The summed E-state index contributed by atoms with van der Waals surface area (Å²) in [6.45, 7) is 4.13. The first kappa shape index (κ1) is 15.4. The number of hydrogen-bond acceptors (Lipinski definition) is 3. The van der Waals surface area contributed by atoms with Crippen LogP contribution in [0.4, 0.5) is 4.39 Å². The van der Waals surface area contributed by atoms with Crippen LogP contribution in [0.1, 0.15) is 25.3 Å². The molecule has 1 saturated heterocycles. The van der Waals surface area contributed by atoms with Crippen molar-refractivity contribution in [2.45, 2.75) is 37.7 Å². The number of aliphatic hydroxyl groups is 1. The summed E-state index contributed by atoms with van der Waals surface area (Å²) in [7, 11) is -3.57. The molecule has 2 rings (SSSR count). The molecule has 1 unspecified atom stereocenters. The van der Waals surface area contributed by atoms with Crippen LogP contribution in [-0.4, -0.2) is 37.0 Å². The Morgan fingerprint density at radius 2 is 1.95 bits per heavy atom. The van der Waals surface area contributed by atoms with Crippen molar-refractivity contribution in [3.63, 3.8) is 0 Å². The van der Waals surface area contributed by atoms with E-state index in [1.54, 1.807) is 13.8 Å². The molecular formula is C14H20FNO3S. The van der Waals surface area contributed by atoms with Crippen LogP contribution < -0.4 is 0 Å². The van der Waals surface area contributed by atoms with Gasteiger partial charge in [0, 0.05) is 13.1 Å². The summed E-state index contributed by atoms with van der Waals surface area (Å²) in [5.74, 6) is -0.287. The fraction of sp³-hybridized carbons (Fsp3) is 0.571. The average Bonchev–Trinajstić information content (AvgIpc) is 2.38. The van der Waals surface area contributed by atoms with Crippen LogP contribution in [0.5, 0.6) is 0 Å². The van der Waals surface area contributed by atoms with E-state index in [-0.39, 0.29) is 10.8 Å². The molecule has 1 heterocycles. The van der Waals surface area contributed by atoms with E-state index in [2.05, 4.69) is 0 Å². The number of halogens is 1. The Labute approximate surface area is 119 Å². The summed E-state index contributed by atoms with van der Waals surface area (Å²) < 4.78 is 39.6. The van der Waals surface area contributed by atoms with Crippen molar-refractivity contribution in [3.05, 3.63) is 29.6 Å². The molecular weight excluding hydrogens is 281 g/mol. The van der Waals surface area contributed by atoms with E-state index in [9.17, 15) is 17.9 Å². The summed E-state index contributed by atoms with van der Waals surface area (Å²) in [6.07, 6.45) is 0.890. The first-order chi connectivity index (χ1) is 9.32. The molecule has 0 aromatic heterocycles. The van der Waals surface area contributed by atoms with Crippen molar-refractivity contribution < 1.29 is 17.9 Å². The highest BCUT2D eigenvalue weighted by molar-refractivity contribution is 7.89. The molecule has 1 atom stereocenters. The molecule has 112 valence electrons. The lowest BCUT2D eigenvalue weighted by atomic mass is 9.93. The minimum Gasteiger partial charge on any atom is -0.393 e. The Morgan fingerprint density at radius 1 is 1.35 bits per heavy atom. The number of benzene rings is 1. The van der Waals surface area contributed by atoms with E-state index < -0.39 is 21.9 Å². The number of nitrogens with zero attached hydrogens (tertiary/aromatic N) is 1. The van der Waals surface area contributed by atoms with Gasteiger partial charge in [0.25, 0.3) is 0 Å². The van der Waals surface area contributed by atoms with Crippen LogP contribution in [0, 0.1) is 18.7 Å². The van der Waals surface area contributed by atoms with Crippen LogP contribution in [0.2, 0.25) is 0 Å². The highest BCUT2D eigenvalue weighted by atomic mass is 32.2. The maximum Gasteiger partial charge on any atom is 0.243 e. The fourth-order valence-corrected chi connectivity index (χ4v) is 4.32. The van der Waals surface area contributed by atoms with Crippen LogP contribution in [0.3, 0.4) is 0 Å². The predicted octanol–water partition coefficient (Wildman–Crippen LogP) is 1.92. The van der Waals surface area contributed by atoms with Crippen molar-refractivity contribution in [1.82, 2.24) is 4.31 Å². The molecule has 1 fully saturated rings. The van der Waals surface area contributed by atoms with Gasteiger partial charge in [-0.1, -0.05) is 0 Å². The molecule has 0 aliphatic carbocycles. The second-order valence-electron chi connectivity index (χ2n) is 5.39. The summed E-state index contributed by atoms with van der Waals surface area (Å²) in [4.78, 5) is 0.161. The molecule has 20 heavy (non-hydrogen) atoms. The van der Waals surface area contributed by atoms with Gasteiger partial charge in [0.2, 0.25) is 10.0 Å². The Hall–Kier alpha value is -0.980. The SMILES string of the molecule is Cc1cc(F)ccc1S(=O)(=O)N1CCC(C(C)O)CC1.